The van der Waals surface area contributed by atoms with E-state index < -0.39 is 23.2 Å². The molecule has 2 rings (SSSR count). The zero-order valence-corrected chi connectivity index (χ0v) is 15.1. The molecule has 0 N–H and O–H groups in total. The Morgan fingerprint density at radius 2 is 2.00 bits per heavy atom. The molecule has 0 amide bonds. The Morgan fingerprint density at radius 3 is 2.61 bits per heavy atom. The third-order valence-corrected chi connectivity index (χ3v) is 7.41. The minimum absolute atomic E-state index is 0. The van der Waals surface area contributed by atoms with E-state index >= 15 is 0 Å². The third-order valence-electron chi connectivity index (χ3n) is 3.26. The smallest absolute Gasteiger partial charge is 1.00 e. The van der Waals surface area contributed by atoms with Gasteiger partial charge in [-0.05, 0) is 0 Å². The number of rotatable bonds is 5. The molecule has 0 fully saturated rings. The van der Waals surface area contributed by atoms with Crippen LogP contribution in [0, 0.1) is 0 Å². The van der Waals surface area contributed by atoms with Gasteiger partial charge in [0.2, 0.25) is 0 Å². The SMILES string of the molecule is CCCCC1=CCC(C)=[C]1[Zr+2][C]1=CC=CC1.[Cl-].[Cl-]. The summed E-state index contributed by atoms with van der Waals surface area (Å²) >= 11 is -0.448. The summed E-state index contributed by atoms with van der Waals surface area (Å²) in [5.74, 6) is 0. The van der Waals surface area contributed by atoms with E-state index in [0.29, 0.717) is 0 Å². The van der Waals surface area contributed by atoms with E-state index in [4.69, 9.17) is 0 Å². The van der Waals surface area contributed by atoms with Crippen molar-refractivity contribution in [2.45, 2.75) is 46.0 Å². The van der Waals surface area contributed by atoms with Crippen molar-refractivity contribution < 1.29 is 48.0 Å². The molecule has 0 aromatic heterocycles. The van der Waals surface area contributed by atoms with Crippen LogP contribution < -0.4 is 24.8 Å². The van der Waals surface area contributed by atoms with Crippen LogP contribution in [-0.2, 0) is 23.2 Å². The Balaban J connectivity index is 0.00000144. The first-order valence-electron chi connectivity index (χ1n) is 6.33. The quantitative estimate of drug-likeness (QED) is 0.571. The fraction of sp³-hybridized carbons (Fsp3) is 0.467. The number of hydrogen-bond acceptors (Lipinski definition) is 0. The monoisotopic (exact) mass is 360 g/mol. The zero-order valence-electron chi connectivity index (χ0n) is 11.1. The predicted octanol–water partition coefficient (Wildman–Crippen LogP) is -1.28. The maximum absolute atomic E-state index is 2.49. The largest absolute Gasteiger partial charge is 1.00 e. The van der Waals surface area contributed by atoms with Crippen molar-refractivity contribution in [1.29, 1.82) is 0 Å². The number of hydrogen-bond donors (Lipinski definition) is 0. The molecule has 0 saturated heterocycles. The van der Waals surface area contributed by atoms with Crippen molar-refractivity contribution in [2.75, 3.05) is 0 Å². The fourth-order valence-electron chi connectivity index (χ4n) is 2.24. The molecular weight excluding hydrogens is 342 g/mol. The second-order valence-corrected chi connectivity index (χ2v) is 8.06. The summed E-state index contributed by atoms with van der Waals surface area (Å²) in [5.41, 5.74) is 3.38. The van der Waals surface area contributed by atoms with Gasteiger partial charge in [-0.1, -0.05) is 0 Å². The summed E-state index contributed by atoms with van der Waals surface area (Å²) in [6.07, 6.45) is 15.9. The average molecular weight is 362 g/mol. The molecule has 3 heteroatoms. The van der Waals surface area contributed by atoms with Crippen molar-refractivity contribution in [1.82, 2.24) is 0 Å². The Morgan fingerprint density at radius 1 is 1.22 bits per heavy atom. The van der Waals surface area contributed by atoms with Crippen LogP contribution in [0.5, 0.6) is 0 Å². The van der Waals surface area contributed by atoms with Crippen LogP contribution in [0.2, 0.25) is 0 Å². The molecule has 0 aromatic rings. The average Bonchev–Trinajstić information content (AvgIpc) is 2.89. The molecule has 0 atom stereocenters. The van der Waals surface area contributed by atoms with E-state index in [-0.39, 0.29) is 24.8 Å². The van der Waals surface area contributed by atoms with Crippen LogP contribution in [0.1, 0.15) is 46.0 Å². The van der Waals surface area contributed by atoms with Gasteiger partial charge in [0.15, 0.2) is 0 Å². The summed E-state index contributed by atoms with van der Waals surface area (Å²) in [7, 11) is 0. The van der Waals surface area contributed by atoms with E-state index in [1.54, 1.807) is 14.4 Å². The van der Waals surface area contributed by atoms with Crippen molar-refractivity contribution in [3.63, 3.8) is 0 Å². The number of allylic oxidation sites excluding steroid dienone is 8. The van der Waals surface area contributed by atoms with Gasteiger partial charge in [-0.15, -0.1) is 0 Å². The molecule has 0 spiro atoms. The molecular formula is C15H20Cl2Zr. The minimum atomic E-state index is -0.448. The molecule has 0 aliphatic heterocycles. The van der Waals surface area contributed by atoms with Crippen molar-refractivity contribution in [3.05, 3.63) is 42.0 Å². The van der Waals surface area contributed by atoms with E-state index in [0.717, 1.165) is 0 Å². The Kier molecular flexibility index (Phi) is 9.57. The van der Waals surface area contributed by atoms with Crippen LogP contribution in [-0.4, -0.2) is 0 Å². The Labute approximate surface area is 135 Å². The van der Waals surface area contributed by atoms with Crippen molar-refractivity contribution >= 4 is 0 Å². The van der Waals surface area contributed by atoms with Gasteiger partial charge >= 0.3 is 111 Å². The van der Waals surface area contributed by atoms with Crippen molar-refractivity contribution in [2.24, 2.45) is 0 Å². The summed E-state index contributed by atoms with van der Waals surface area (Å²) < 4.78 is 3.56. The fourth-order valence-corrected chi connectivity index (χ4v) is 5.74. The van der Waals surface area contributed by atoms with Crippen LogP contribution in [0.25, 0.3) is 0 Å². The van der Waals surface area contributed by atoms with Gasteiger partial charge in [0.1, 0.15) is 0 Å². The first-order chi connectivity index (χ1) is 7.81. The topological polar surface area (TPSA) is 0 Å². The van der Waals surface area contributed by atoms with Crippen LogP contribution >= 0.6 is 0 Å². The molecule has 0 saturated carbocycles. The molecule has 0 bridgehead atoms. The summed E-state index contributed by atoms with van der Waals surface area (Å²) in [4.78, 5) is 0. The molecule has 18 heavy (non-hydrogen) atoms. The number of halogens is 2. The minimum Gasteiger partial charge on any atom is -1.00 e. The van der Waals surface area contributed by atoms with E-state index in [2.05, 4.69) is 38.2 Å². The van der Waals surface area contributed by atoms with Crippen LogP contribution in [0.15, 0.2) is 42.0 Å². The van der Waals surface area contributed by atoms with Gasteiger partial charge in [0.05, 0.1) is 0 Å². The maximum atomic E-state index is 2.49. The molecule has 0 heterocycles. The van der Waals surface area contributed by atoms with Gasteiger partial charge < -0.3 is 24.8 Å². The summed E-state index contributed by atoms with van der Waals surface area (Å²) in [6.45, 7) is 4.63. The van der Waals surface area contributed by atoms with Gasteiger partial charge in [-0.2, -0.15) is 0 Å². The maximum Gasteiger partial charge on any atom is -1.00 e. The van der Waals surface area contributed by atoms with E-state index in [1.165, 1.54) is 32.1 Å². The third kappa shape index (κ3) is 4.84. The Hall–Kier alpha value is 0.423. The first-order valence-corrected chi connectivity index (χ1v) is 8.79. The zero-order chi connectivity index (χ0) is 11.4. The molecule has 2 aliphatic carbocycles. The van der Waals surface area contributed by atoms with E-state index in [9.17, 15) is 0 Å². The molecule has 0 aromatic carbocycles. The summed E-state index contributed by atoms with van der Waals surface area (Å²) in [6, 6.07) is 0. The van der Waals surface area contributed by atoms with Gasteiger partial charge in [-0.25, -0.2) is 0 Å². The van der Waals surface area contributed by atoms with Gasteiger partial charge in [0.25, 0.3) is 0 Å². The molecule has 0 radical (unpaired) electrons. The predicted molar refractivity (Wildman–Crippen MR) is 66.8 cm³/mol. The second kappa shape index (κ2) is 9.35. The van der Waals surface area contributed by atoms with Gasteiger partial charge in [-0.3, -0.25) is 0 Å². The van der Waals surface area contributed by atoms with Crippen LogP contribution in [0.4, 0.5) is 0 Å². The van der Waals surface area contributed by atoms with Crippen molar-refractivity contribution in [3.8, 4) is 0 Å². The molecule has 2 aliphatic rings. The molecule has 98 valence electrons. The Bertz CT molecular complexity index is 389. The normalized spacial score (nSPS) is 16.8. The second-order valence-electron chi connectivity index (χ2n) is 4.64. The van der Waals surface area contributed by atoms with Gasteiger partial charge in [0, 0.05) is 0 Å². The first kappa shape index (κ1) is 18.4. The van der Waals surface area contributed by atoms with Crippen LogP contribution in [0.3, 0.4) is 0 Å². The number of unbranched alkanes of at least 4 members (excludes halogenated alkanes) is 1. The standard InChI is InChI=1S/C10H15.C5H5.2ClH.Zr/c1-3-4-5-10-7-6-9(2)8-10;1-2-4-5-3-1;;;/h7H,3-6H2,1-2H3;1-3H,4H2;2*1H;/q;;;;+2/p-2. The molecule has 0 unspecified atom stereocenters. The van der Waals surface area contributed by atoms with E-state index in [1.807, 2.05) is 3.28 Å². The molecule has 0 nitrogen and oxygen atoms in total. The summed E-state index contributed by atoms with van der Waals surface area (Å²) in [5, 5.41) is 0.